The molecular weight excluding hydrogens is 630 g/mol. The van der Waals surface area contributed by atoms with Crippen molar-refractivity contribution in [3.05, 3.63) is 108 Å². The lowest BCUT2D eigenvalue weighted by Crippen LogP contribution is -2.48. The average Bonchev–Trinajstić information content (AvgIpc) is 3.44. The van der Waals surface area contributed by atoms with Crippen molar-refractivity contribution >= 4 is 27.6 Å². The van der Waals surface area contributed by atoms with Crippen LogP contribution in [0.15, 0.2) is 89.8 Å². The lowest BCUT2D eigenvalue weighted by Gasteiger charge is -2.26. The first kappa shape index (κ1) is 33.4. The van der Waals surface area contributed by atoms with Crippen molar-refractivity contribution < 1.29 is 41.0 Å². The number of methoxy groups -OCH3 is 1. The van der Waals surface area contributed by atoms with Gasteiger partial charge >= 0.3 is 5.97 Å². The van der Waals surface area contributed by atoms with Crippen molar-refractivity contribution in [1.82, 2.24) is 5.32 Å². The fraction of sp³-hybridized carbons (Fsp3) is 0.257. The molecule has 12 heteroatoms. The number of rotatable bonds is 10. The molecule has 0 spiro atoms. The van der Waals surface area contributed by atoms with E-state index in [2.05, 4.69) is 5.32 Å². The summed E-state index contributed by atoms with van der Waals surface area (Å²) in [4.78, 5) is 25.6. The second-order valence-corrected chi connectivity index (χ2v) is 13.6. The molecule has 0 saturated carbocycles. The van der Waals surface area contributed by atoms with Crippen molar-refractivity contribution in [2.75, 3.05) is 24.6 Å². The van der Waals surface area contributed by atoms with E-state index in [-0.39, 0.29) is 30.0 Å². The summed E-state index contributed by atoms with van der Waals surface area (Å²) in [6, 6.07) is 18.9. The van der Waals surface area contributed by atoms with E-state index in [1.54, 1.807) is 63.2 Å². The third-order valence-electron chi connectivity index (χ3n) is 7.36. The molecule has 1 amide bonds. The van der Waals surface area contributed by atoms with Crippen LogP contribution in [0.1, 0.15) is 36.7 Å². The minimum absolute atomic E-state index is 0.0657. The first-order valence-electron chi connectivity index (χ1n) is 14.8. The van der Waals surface area contributed by atoms with Gasteiger partial charge in [-0.25, -0.2) is 22.0 Å². The van der Waals surface area contributed by atoms with Gasteiger partial charge in [-0.05, 0) is 87.0 Å². The molecule has 1 aliphatic rings. The summed E-state index contributed by atoms with van der Waals surface area (Å²) in [7, 11) is -2.82. The summed E-state index contributed by atoms with van der Waals surface area (Å²) in [6.45, 7) is 5.49. The number of nitrogens with one attached hydrogen (secondary N) is 1. The third-order valence-corrected chi connectivity index (χ3v) is 9.20. The number of amides is 1. The van der Waals surface area contributed by atoms with Crippen molar-refractivity contribution in [1.29, 1.82) is 0 Å². The average molecular weight is 665 g/mol. The highest BCUT2D eigenvalue weighted by molar-refractivity contribution is 7.93. The Kier molecular flexibility index (Phi) is 9.53. The number of carbonyl (C=O) groups excluding carboxylic acids is 2. The summed E-state index contributed by atoms with van der Waals surface area (Å²) in [5, 5.41) is 2.76. The molecule has 9 nitrogen and oxygen atoms in total. The molecule has 1 heterocycles. The zero-order valence-electron chi connectivity index (χ0n) is 26.3. The molecule has 246 valence electrons. The third kappa shape index (κ3) is 7.38. The van der Waals surface area contributed by atoms with E-state index < -0.39 is 45.2 Å². The maximum Gasteiger partial charge on any atom is 0.338 e. The summed E-state index contributed by atoms with van der Waals surface area (Å²) in [6.07, 6.45) is 0.0657. The van der Waals surface area contributed by atoms with Crippen LogP contribution in [0.4, 0.5) is 14.5 Å². The Labute approximate surface area is 272 Å². The maximum absolute atomic E-state index is 14.4. The van der Waals surface area contributed by atoms with Crippen LogP contribution < -0.4 is 19.1 Å². The summed E-state index contributed by atoms with van der Waals surface area (Å²) in [5.74, 6) is -1.59. The highest BCUT2D eigenvalue weighted by Crippen LogP contribution is 2.41. The molecule has 0 radical (unpaired) electrons. The quantitative estimate of drug-likeness (QED) is 0.166. The largest absolute Gasteiger partial charge is 0.496 e. The van der Waals surface area contributed by atoms with Crippen molar-refractivity contribution in [3.63, 3.8) is 0 Å². The minimum atomic E-state index is -4.29. The maximum atomic E-state index is 14.4. The van der Waals surface area contributed by atoms with Crippen LogP contribution in [0.5, 0.6) is 11.5 Å². The van der Waals surface area contributed by atoms with E-state index >= 15 is 0 Å². The van der Waals surface area contributed by atoms with Crippen LogP contribution in [-0.4, -0.2) is 52.2 Å². The Balaban J connectivity index is 1.30. The number of nitrogens with zero attached hydrogens (tertiary/aromatic N) is 1. The summed E-state index contributed by atoms with van der Waals surface area (Å²) < 4.78 is 73.5. The molecule has 0 saturated heterocycles. The Bertz CT molecular complexity index is 1890. The molecule has 0 bridgehead atoms. The minimum Gasteiger partial charge on any atom is -0.496 e. The van der Waals surface area contributed by atoms with Crippen molar-refractivity contribution in [2.24, 2.45) is 0 Å². The molecule has 47 heavy (non-hydrogen) atoms. The SMILES string of the molecule is COc1cccc2c1CC(C(=O)NCCOc1ccc(C(=O)OC(C)(C)C)cc1)N2S(=O)(=O)c1ccc(-c2ccc(F)cc2F)cc1. The van der Waals surface area contributed by atoms with E-state index in [4.69, 9.17) is 14.2 Å². The van der Waals surface area contributed by atoms with Gasteiger partial charge in [0.25, 0.3) is 10.0 Å². The van der Waals surface area contributed by atoms with Gasteiger partial charge in [0, 0.05) is 23.6 Å². The fourth-order valence-corrected chi connectivity index (χ4v) is 6.87. The topological polar surface area (TPSA) is 111 Å². The Hall–Kier alpha value is -4.97. The van der Waals surface area contributed by atoms with Crippen LogP contribution in [0.25, 0.3) is 11.1 Å². The Morgan fingerprint density at radius 1 is 0.957 bits per heavy atom. The lowest BCUT2D eigenvalue weighted by atomic mass is 10.1. The fourth-order valence-electron chi connectivity index (χ4n) is 5.23. The van der Waals surface area contributed by atoms with E-state index in [9.17, 15) is 26.8 Å². The van der Waals surface area contributed by atoms with Crippen LogP contribution >= 0.6 is 0 Å². The molecule has 1 unspecified atom stereocenters. The molecule has 0 aliphatic carbocycles. The number of benzene rings is 4. The second-order valence-electron chi connectivity index (χ2n) is 11.8. The number of halogens is 2. The van der Waals surface area contributed by atoms with Crippen LogP contribution in [-0.2, 0) is 26.0 Å². The standard InChI is InChI=1S/C35H34F2N2O7S/c1-35(2,3)46-34(41)23-8-13-25(14-9-23)45-19-18-38-33(40)31-21-28-30(6-5-7-32(28)44-4)39(31)47(42,43)26-15-10-22(11-16-26)27-17-12-24(36)20-29(27)37/h5-17,20,31H,18-19,21H2,1-4H3,(H,38,40). The predicted octanol–water partition coefficient (Wildman–Crippen LogP) is 5.91. The highest BCUT2D eigenvalue weighted by atomic mass is 32.2. The molecule has 1 aliphatic heterocycles. The van der Waals surface area contributed by atoms with Gasteiger partial charge in [0.2, 0.25) is 5.91 Å². The number of esters is 1. The predicted molar refractivity (Wildman–Crippen MR) is 172 cm³/mol. The number of hydrogen-bond donors (Lipinski definition) is 1. The number of ether oxygens (including phenoxy) is 3. The van der Waals surface area contributed by atoms with E-state index in [1.165, 1.54) is 37.4 Å². The van der Waals surface area contributed by atoms with Crippen molar-refractivity contribution in [2.45, 2.75) is 43.7 Å². The first-order valence-corrected chi connectivity index (χ1v) is 16.2. The van der Waals surface area contributed by atoms with Gasteiger partial charge in [-0.3, -0.25) is 9.10 Å². The Morgan fingerprint density at radius 2 is 1.66 bits per heavy atom. The number of carbonyl (C=O) groups is 2. The number of sulfonamides is 1. The lowest BCUT2D eigenvalue weighted by molar-refractivity contribution is -0.122. The van der Waals surface area contributed by atoms with Crippen molar-refractivity contribution in [3.8, 4) is 22.6 Å². The van der Waals surface area contributed by atoms with Gasteiger partial charge in [-0.1, -0.05) is 18.2 Å². The molecule has 5 rings (SSSR count). The zero-order chi connectivity index (χ0) is 33.9. The molecule has 4 aromatic carbocycles. The van der Waals surface area contributed by atoms with Gasteiger partial charge in [0.1, 0.15) is 41.4 Å². The number of hydrogen-bond acceptors (Lipinski definition) is 7. The summed E-state index contributed by atoms with van der Waals surface area (Å²) >= 11 is 0. The smallest absolute Gasteiger partial charge is 0.338 e. The number of anilines is 1. The molecule has 1 atom stereocenters. The van der Waals surface area contributed by atoms with Crippen LogP contribution in [0.3, 0.4) is 0 Å². The Morgan fingerprint density at radius 3 is 2.30 bits per heavy atom. The van der Waals surface area contributed by atoms with E-state index in [0.29, 0.717) is 33.9 Å². The van der Waals surface area contributed by atoms with E-state index in [0.717, 1.165) is 16.4 Å². The van der Waals surface area contributed by atoms with Gasteiger partial charge in [0.05, 0.1) is 29.8 Å². The summed E-state index contributed by atoms with van der Waals surface area (Å²) in [5.41, 5.74) is 1.09. The first-order chi connectivity index (χ1) is 22.3. The molecule has 0 fully saturated rings. The van der Waals surface area contributed by atoms with E-state index in [1.807, 2.05) is 0 Å². The monoisotopic (exact) mass is 664 g/mol. The van der Waals surface area contributed by atoms with Crippen LogP contribution in [0.2, 0.25) is 0 Å². The molecular formula is C35H34F2N2O7S. The normalized spacial score (nSPS) is 14.3. The second kappa shape index (κ2) is 13.4. The van der Waals surface area contributed by atoms with Crippen LogP contribution in [0, 0.1) is 11.6 Å². The molecule has 1 N–H and O–H groups in total. The van der Waals surface area contributed by atoms with Gasteiger partial charge in [-0.2, -0.15) is 0 Å². The zero-order valence-corrected chi connectivity index (χ0v) is 27.1. The number of fused-ring (bicyclic) bond motifs is 1. The molecule has 0 aromatic heterocycles. The van der Waals surface area contributed by atoms with Gasteiger partial charge in [-0.15, -0.1) is 0 Å². The highest BCUT2D eigenvalue weighted by Gasteiger charge is 2.43. The van der Waals surface area contributed by atoms with Gasteiger partial charge in [0.15, 0.2) is 0 Å². The van der Waals surface area contributed by atoms with Gasteiger partial charge < -0.3 is 19.5 Å². The molecule has 4 aromatic rings.